The lowest BCUT2D eigenvalue weighted by molar-refractivity contribution is -0.236. The van der Waals surface area contributed by atoms with Crippen molar-refractivity contribution < 1.29 is 9.84 Å². The Morgan fingerprint density at radius 2 is 2.06 bits per heavy atom. The van der Waals surface area contributed by atoms with Gasteiger partial charge in [-0.15, -0.1) is 0 Å². The van der Waals surface area contributed by atoms with Crippen molar-refractivity contribution >= 4 is 15.9 Å². The first-order valence-electron chi connectivity index (χ1n) is 5.37. The predicted octanol–water partition coefficient (Wildman–Crippen LogP) is 1.78. The summed E-state index contributed by atoms with van der Waals surface area (Å²) < 4.78 is 6.40. The van der Waals surface area contributed by atoms with E-state index in [0.717, 1.165) is 23.9 Å². The largest absolute Gasteiger partial charge is 0.477 e. The van der Waals surface area contributed by atoms with Crippen LogP contribution in [0.15, 0.2) is 17.0 Å². The number of hydrogen-bond acceptors (Lipinski definition) is 4. The summed E-state index contributed by atoms with van der Waals surface area (Å²) in [7, 11) is 0. The van der Waals surface area contributed by atoms with E-state index in [-0.39, 0.29) is 5.41 Å². The molecule has 1 aromatic rings. The van der Waals surface area contributed by atoms with Crippen molar-refractivity contribution in [2.45, 2.75) is 19.3 Å². The molecule has 0 aromatic carbocycles. The molecule has 86 valence electrons. The van der Waals surface area contributed by atoms with Gasteiger partial charge in [0.15, 0.2) is 0 Å². The Morgan fingerprint density at radius 3 is 2.69 bits per heavy atom. The summed E-state index contributed by atoms with van der Waals surface area (Å²) in [5.41, 5.74) is 0.565. The summed E-state index contributed by atoms with van der Waals surface area (Å²) in [5, 5.41) is 9.15. The lowest BCUT2D eigenvalue weighted by Crippen LogP contribution is -2.65. The van der Waals surface area contributed by atoms with Gasteiger partial charge in [-0.05, 0) is 40.6 Å². The molecule has 16 heavy (non-hydrogen) atoms. The Kier molecular flexibility index (Phi) is 2.23. The number of aliphatic hydroxyl groups is 1. The molecule has 0 saturated heterocycles. The molecule has 0 unspecified atom stereocenters. The van der Waals surface area contributed by atoms with Gasteiger partial charge in [0.25, 0.3) is 0 Å². The molecule has 0 amide bonds. The van der Waals surface area contributed by atoms with Gasteiger partial charge in [-0.3, -0.25) is 0 Å². The first kappa shape index (κ1) is 10.5. The van der Waals surface area contributed by atoms with Crippen molar-refractivity contribution in [3.05, 3.63) is 17.0 Å². The number of hydrogen-bond donors (Lipinski definition) is 1. The van der Waals surface area contributed by atoms with Gasteiger partial charge < -0.3 is 9.84 Å². The van der Waals surface area contributed by atoms with Crippen LogP contribution in [0.25, 0.3) is 0 Å². The van der Waals surface area contributed by atoms with E-state index in [0.29, 0.717) is 24.5 Å². The topological polar surface area (TPSA) is 55.2 Å². The van der Waals surface area contributed by atoms with Crippen molar-refractivity contribution in [1.29, 1.82) is 0 Å². The van der Waals surface area contributed by atoms with Gasteiger partial charge in [0.05, 0.1) is 6.61 Å². The highest BCUT2D eigenvalue weighted by molar-refractivity contribution is 9.10. The molecule has 1 aromatic heterocycles. The monoisotopic (exact) mass is 284 g/mol. The Bertz CT molecular complexity index is 404. The zero-order valence-corrected chi connectivity index (χ0v) is 10.4. The van der Waals surface area contributed by atoms with Crippen LogP contribution in [-0.4, -0.2) is 28.3 Å². The molecule has 3 aliphatic carbocycles. The first-order valence-corrected chi connectivity index (χ1v) is 6.16. The van der Waals surface area contributed by atoms with Crippen LogP contribution < -0.4 is 4.74 Å². The third kappa shape index (κ3) is 1.53. The van der Waals surface area contributed by atoms with Crippen molar-refractivity contribution in [2.24, 2.45) is 10.8 Å². The molecule has 0 aliphatic heterocycles. The van der Waals surface area contributed by atoms with Gasteiger partial charge in [-0.2, -0.15) is 0 Å². The maximum atomic E-state index is 9.15. The molecule has 2 bridgehead atoms. The summed E-state index contributed by atoms with van der Waals surface area (Å²) in [6, 6.07) is 1.77. The number of aromatic nitrogens is 2. The van der Waals surface area contributed by atoms with Gasteiger partial charge in [-0.1, -0.05) is 0 Å². The molecule has 0 spiro atoms. The molecule has 3 aliphatic rings. The minimum Gasteiger partial charge on any atom is -0.477 e. The molecule has 5 heteroatoms. The standard InChI is InChI=1S/C11H13BrN2O2/c12-8-1-9(14-7-13-8)16-6-11-2-10(3-11,4-11)5-15/h1,7,15H,2-6H2. The highest BCUT2D eigenvalue weighted by atomic mass is 79.9. The van der Waals surface area contributed by atoms with Crippen LogP contribution in [0, 0.1) is 10.8 Å². The van der Waals surface area contributed by atoms with E-state index < -0.39 is 0 Å². The van der Waals surface area contributed by atoms with Crippen molar-refractivity contribution in [1.82, 2.24) is 9.97 Å². The van der Waals surface area contributed by atoms with Crippen molar-refractivity contribution in [3.63, 3.8) is 0 Å². The van der Waals surface area contributed by atoms with E-state index in [2.05, 4.69) is 25.9 Å². The second kappa shape index (κ2) is 3.40. The molecule has 0 radical (unpaired) electrons. The van der Waals surface area contributed by atoms with E-state index in [4.69, 9.17) is 9.84 Å². The molecule has 3 fully saturated rings. The number of ether oxygens (including phenoxy) is 1. The third-order valence-electron chi connectivity index (χ3n) is 3.72. The van der Waals surface area contributed by atoms with Crippen LogP contribution in [0.5, 0.6) is 5.88 Å². The zero-order valence-electron chi connectivity index (χ0n) is 8.82. The van der Waals surface area contributed by atoms with Gasteiger partial charge >= 0.3 is 0 Å². The molecule has 1 heterocycles. The first-order chi connectivity index (χ1) is 7.65. The van der Waals surface area contributed by atoms with E-state index in [1.165, 1.54) is 6.33 Å². The summed E-state index contributed by atoms with van der Waals surface area (Å²) in [5.74, 6) is 0.615. The fourth-order valence-electron chi connectivity index (χ4n) is 3.18. The Labute approximate surface area is 102 Å². The fourth-order valence-corrected chi connectivity index (χ4v) is 3.46. The molecule has 0 atom stereocenters. The molecular weight excluding hydrogens is 272 g/mol. The maximum absolute atomic E-state index is 9.15. The average Bonchev–Trinajstić information content (AvgIpc) is 2.14. The summed E-state index contributed by atoms with van der Waals surface area (Å²) >= 11 is 3.28. The van der Waals surface area contributed by atoms with Crippen LogP contribution in [0.3, 0.4) is 0 Å². The normalized spacial score (nSPS) is 35.1. The van der Waals surface area contributed by atoms with Crippen molar-refractivity contribution in [3.8, 4) is 5.88 Å². The van der Waals surface area contributed by atoms with Crippen LogP contribution in [0.4, 0.5) is 0 Å². The molecule has 4 rings (SSSR count). The van der Waals surface area contributed by atoms with E-state index in [1.54, 1.807) is 6.07 Å². The SMILES string of the molecule is OCC12CC(COc3cc(Br)ncn3)(C1)C2. The highest BCUT2D eigenvalue weighted by Gasteiger charge is 2.67. The van der Waals surface area contributed by atoms with Gasteiger partial charge in [0.1, 0.15) is 10.9 Å². The number of rotatable bonds is 4. The second-order valence-electron chi connectivity index (χ2n) is 5.16. The minimum atomic E-state index is 0.246. The number of aliphatic hydroxyl groups excluding tert-OH is 1. The minimum absolute atomic E-state index is 0.246. The summed E-state index contributed by atoms with van der Waals surface area (Å²) in [4.78, 5) is 7.99. The highest BCUT2D eigenvalue weighted by Crippen LogP contribution is 2.72. The fraction of sp³-hybridized carbons (Fsp3) is 0.636. The van der Waals surface area contributed by atoms with E-state index >= 15 is 0 Å². The number of halogens is 1. The third-order valence-corrected chi connectivity index (χ3v) is 4.15. The Morgan fingerprint density at radius 1 is 1.31 bits per heavy atom. The van der Waals surface area contributed by atoms with Crippen LogP contribution in [0.2, 0.25) is 0 Å². The summed E-state index contributed by atoms with van der Waals surface area (Å²) in [6.07, 6.45) is 4.78. The maximum Gasteiger partial charge on any atom is 0.217 e. The van der Waals surface area contributed by atoms with Gasteiger partial charge in [0, 0.05) is 18.1 Å². The second-order valence-corrected chi connectivity index (χ2v) is 5.97. The Hall–Kier alpha value is -0.680. The molecule has 3 saturated carbocycles. The average molecular weight is 285 g/mol. The van der Waals surface area contributed by atoms with E-state index in [1.807, 2.05) is 0 Å². The zero-order chi connectivity index (χ0) is 11.2. The van der Waals surface area contributed by atoms with Gasteiger partial charge in [-0.25, -0.2) is 9.97 Å². The predicted molar refractivity (Wildman–Crippen MR) is 61.0 cm³/mol. The molecular formula is C11H13BrN2O2. The van der Waals surface area contributed by atoms with Crippen LogP contribution in [0.1, 0.15) is 19.3 Å². The smallest absolute Gasteiger partial charge is 0.217 e. The van der Waals surface area contributed by atoms with Crippen LogP contribution in [-0.2, 0) is 0 Å². The van der Waals surface area contributed by atoms with Crippen molar-refractivity contribution in [2.75, 3.05) is 13.2 Å². The van der Waals surface area contributed by atoms with E-state index in [9.17, 15) is 0 Å². The van der Waals surface area contributed by atoms with Gasteiger partial charge in [0.2, 0.25) is 5.88 Å². The van der Waals surface area contributed by atoms with Crippen LogP contribution >= 0.6 is 15.9 Å². The lowest BCUT2D eigenvalue weighted by atomic mass is 9.36. The molecule has 1 N–H and O–H groups in total. The summed E-state index contributed by atoms with van der Waals surface area (Å²) in [6.45, 7) is 1.03. The number of nitrogens with zero attached hydrogens (tertiary/aromatic N) is 2. The Balaban J connectivity index is 1.55. The quantitative estimate of drug-likeness (QED) is 0.857. The lowest BCUT2D eigenvalue weighted by Gasteiger charge is -2.69. The molecule has 4 nitrogen and oxygen atoms in total.